The molecule has 0 bridgehead atoms. The molecular formula is C17H17ClO2S. The van der Waals surface area contributed by atoms with E-state index in [1.54, 1.807) is 17.8 Å². The Morgan fingerprint density at radius 3 is 2.52 bits per heavy atom. The SMILES string of the molecule is CC(=O)c1cc(Cl)cc(CSCc2ccccc2C)c1O. The summed E-state index contributed by atoms with van der Waals surface area (Å²) in [5.41, 5.74) is 3.51. The maximum absolute atomic E-state index is 11.5. The van der Waals surface area contributed by atoms with E-state index in [-0.39, 0.29) is 17.1 Å². The molecule has 0 atom stereocenters. The molecule has 0 aliphatic rings. The van der Waals surface area contributed by atoms with Gasteiger partial charge in [-0.25, -0.2) is 0 Å². The van der Waals surface area contributed by atoms with Crippen LogP contribution in [-0.4, -0.2) is 10.9 Å². The molecule has 1 N–H and O–H groups in total. The molecule has 2 nitrogen and oxygen atoms in total. The van der Waals surface area contributed by atoms with Crippen LogP contribution in [0.3, 0.4) is 0 Å². The van der Waals surface area contributed by atoms with Crippen LogP contribution in [0.25, 0.3) is 0 Å². The highest BCUT2D eigenvalue weighted by Crippen LogP contribution is 2.31. The molecule has 0 amide bonds. The Bertz CT molecular complexity index is 668. The quantitative estimate of drug-likeness (QED) is 0.788. The van der Waals surface area contributed by atoms with Gasteiger partial charge in [-0.15, -0.1) is 0 Å². The highest BCUT2D eigenvalue weighted by molar-refractivity contribution is 7.97. The van der Waals surface area contributed by atoms with Crippen LogP contribution in [0, 0.1) is 6.92 Å². The maximum Gasteiger partial charge on any atom is 0.163 e. The zero-order valence-electron chi connectivity index (χ0n) is 12.0. The van der Waals surface area contributed by atoms with Gasteiger partial charge < -0.3 is 5.11 Å². The first-order valence-electron chi connectivity index (χ1n) is 6.63. The lowest BCUT2D eigenvalue weighted by atomic mass is 10.1. The highest BCUT2D eigenvalue weighted by Gasteiger charge is 2.13. The van der Waals surface area contributed by atoms with E-state index in [4.69, 9.17) is 11.6 Å². The number of rotatable bonds is 5. The molecule has 0 aromatic heterocycles. The molecule has 2 aromatic carbocycles. The number of phenolic OH excluding ortho intramolecular Hbond substituents is 1. The number of aryl methyl sites for hydroxylation is 1. The molecule has 0 heterocycles. The van der Waals surface area contributed by atoms with E-state index in [1.807, 2.05) is 12.1 Å². The fourth-order valence-electron chi connectivity index (χ4n) is 2.08. The van der Waals surface area contributed by atoms with Crippen LogP contribution in [0.5, 0.6) is 5.75 Å². The van der Waals surface area contributed by atoms with Gasteiger partial charge in [-0.3, -0.25) is 4.79 Å². The van der Waals surface area contributed by atoms with Gasteiger partial charge in [-0.1, -0.05) is 35.9 Å². The average Bonchev–Trinajstić information content (AvgIpc) is 2.44. The average molecular weight is 321 g/mol. The molecule has 21 heavy (non-hydrogen) atoms. The Morgan fingerprint density at radius 2 is 1.86 bits per heavy atom. The summed E-state index contributed by atoms with van der Waals surface area (Å²) in [5, 5.41) is 10.6. The summed E-state index contributed by atoms with van der Waals surface area (Å²) in [6.45, 7) is 3.51. The zero-order chi connectivity index (χ0) is 15.4. The fourth-order valence-corrected chi connectivity index (χ4v) is 3.40. The number of carbonyl (C=O) groups excluding carboxylic acids is 1. The van der Waals surface area contributed by atoms with E-state index in [0.717, 1.165) is 5.75 Å². The smallest absolute Gasteiger partial charge is 0.163 e. The van der Waals surface area contributed by atoms with Gasteiger partial charge in [0, 0.05) is 22.1 Å². The molecule has 0 unspecified atom stereocenters. The third-order valence-electron chi connectivity index (χ3n) is 3.31. The predicted octanol–water partition coefficient (Wildman–Crippen LogP) is 4.99. The van der Waals surface area contributed by atoms with Crippen molar-refractivity contribution in [1.29, 1.82) is 0 Å². The van der Waals surface area contributed by atoms with E-state index >= 15 is 0 Å². The van der Waals surface area contributed by atoms with Gasteiger partial charge >= 0.3 is 0 Å². The standard InChI is InChI=1S/C17H17ClO2S/c1-11-5-3-4-6-13(11)9-21-10-14-7-15(18)8-16(12(2)19)17(14)20/h3-8,20H,9-10H2,1-2H3. The van der Waals surface area contributed by atoms with Crippen molar-refractivity contribution < 1.29 is 9.90 Å². The molecule has 110 valence electrons. The first kappa shape index (κ1) is 15.9. The third-order valence-corrected chi connectivity index (χ3v) is 4.56. The molecular weight excluding hydrogens is 304 g/mol. The molecule has 0 spiro atoms. The largest absolute Gasteiger partial charge is 0.507 e. The lowest BCUT2D eigenvalue weighted by molar-refractivity contribution is 0.101. The van der Waals surface area contributed by atoms with Crippen molar-refractivity contribution in [1.82, 2.24) is 0 Å². The molecule has 2 rings (SSSR count). The zero-order valence-corrected chi connectivity index (χ0v) is 13.6. The molecule has 4 heteroatoms. The summed E-state index contributed by atoms with van der Waals surface area (Å²) < 4.78 is 0. The van der Waals surface area contributed by atoms with Crippen LogP contribution >= 0.6 is 23.4 Å². The number of hydrogen-bond acceptors (Lipinski definition) is 3. The second kappa shape index (κ2) is 7.01. The van der Waals surface area contributed by atoms with Gasteiger partial charge in [-0.2, -0.15) is 11.8 Å². The number of benzene rings is 2. The van der Waals surface area contributed by atoms with Crippen molar-refractivity contribution in [2.75, 3.05) is 0 Å². The van der Waals surface area contributed by atoms with E-state index in [1.165, 1.54) is 24.1 Å². The van der Waals surface area contributed by atoms with Crippen molar-refractivity contribution in [3.05, 3.63) is 63.7 Å². The predicted molar refractivity (Wildman–Crippen MR) is 89.3 cm³/mol. The minimum atomic E-state index is -0.180. The monoisotopic (exact) mass is 320 g/mol. The van der Waals surface area contributed by atoms with Crippen LogP contribution in [0.2, 0.25) is 5.02 Å². The Balaban J connectivity index is 2.10. The number of thioether (sulfide) groups is 1. The van der Waals surface area contributed by atoms with Crippen molar-refractivity contribution >= 4 is 29.1 Å². The van der Waals surface area contributed by atoms with Crippen LogP contribution in [0.15, 0.2) is 36.4 Å². The Labute approximate surface area is 134 Å². The number of phenols is 1. The van der Waals surface area contributed by atoms with Gasteiger partial charge in [0.2, 0.25) is 0 Å². The summed E-state index contributed by atoms with van der Waals surface area (Å²) in [5.74, 6) is 1.33. The number of Topliss-reactive ketones (excluding diaryl/α,β-unsaturated/α-hetero) is 1. The second-order valence-corrected chi connectivity index (χ2v) is 6.36. The maximum atomic E-state index is 11.5. The third kappa shape index (κ3) is 4.02. The van der Waals surface area contributed by atoms with Gasteiger partial charge in [0.05, 0.1) is 5.56 Å². The Morgan fingerprint density at radius 1 is 1.19 bits per heavy atom. The number of ketones is 1. The summed E-state index contributed by atoms with van der Waals surface area (Å²) in [4.78, 5) is 11.5. The van der Waals surface area contributed by atoms with Crippen molar-refractivity contribution in [2.24, 2.45) is 0 Å². The van der Waals surface area contributed by atoms with Crippen LogP contribution in [-0.2, 0) is 11.5 Å². The first-order valence-corrected chi connectivity index (χ1v) is 8.17. The minimum absolute atomic E-state index is 0.0455. The lowest BCUT2D eigenvalue weighted by Gasteiger charge is -2.10. The van der Waals surface area contributed by atoms with E-state index in [0.29, 0.717) is 16.3 Å². The second-order valence-electron chi connectivity index (χ2n) is 4.94. The molecule has 0 saturated carbocycles. The Hall–Kier alpha value is -1.45. The Kier molecular flexibility index (Phi) is 5.32. The molecule has 0 fully saturated rings. The number of carbonyl (C=O) groups is 1. The molecule has 0 aliphatic carbocycles. The van der Waals surface area contributed by atoms with E-state index < -0.39 is 0 Å². The van der Waals surface area contributed by atoms with Gasteiger partial charge in [0.15, 0.2) is 5.78 Å². The van der Waals surface area contributed by atoms with E-state index in [9.17, 15) is 9.90 Å². The molecule has 0 aliphatic heterocycles. The topological polar surface area (TPSA) is 37.3 Å². The van der Waals surface area contributed by atoms with Gasteiger partial charge in [0.1, 0.15) is 5.75 Å². The van der Waals surface area contributed by atoms with Gasteiger partial charge in [0.25, 0.3) is 0 Å². The van der Waals surface area contributed by atoms with Crippen LogP contribution in [0.4, 0.5) is 0 Å². The summed E-state index contributed by atoms with van der Waals surface area (Å²) >= 11 is 7.70. The summed E-state index contributed by atoms with van der Waals surface area (Å²) in [7, 11) is 0. The molecule has 0 saturated heterocycles. The van der Waals surface area contributed by atoms with Crippen LogP contribution in [0.1, 0.15) is 34.0 Å². The molecule has 0 radical (unpaired) electrons. The number of hydrogen-bond donors (Lipinski definition) is 1. The van der Waals surface area contributed by atoms with Crippen molar-refractivity contribution in [3.8, 4) is 5.75 Å². The normalized spacial score (nSPS) is 10.6. The summed E-state index contributed by atoms with van der Waals surface area (Å²) in [6, 6.07) is 11.4. The highest BCUT2D eigenvalue weighted by atomic mass is 35.5. The van der Waals surface area contributed by atoms with Gasteiger partial charge in [-0.05, 0) is 37.1 Å². The molecule has 2 aromatic rings. The first-order chi connectivity index (χ1) is 9.99. The van der Waals surface area contributed by atoms with Crippen LogP contribution < -0.4 is 0 Å². The van der Waals surface area contributed by atoms with Crippen molar-refractivity contribution in [3.63, 3.8) is 0 Å². The van der Waals surface area contributed by atoms with E-state index in [2.05, 4.69) is 19.1 Å². The minimum Gasteiger partial charge on any atom is -0.507 e. The summed E-state index contributed by atoms with van der Waals surface area (Å²) in [6.07, 6.45) is 0. The lowest BCUT2D eigenvalue weighted by Crippen LogP contribution is -1.96. The number of aromatic hydroxyl groups is 1. The fraction of sp³-hybridized carbons (Fsp3) is 0.235. The van der Waals surface area contributed by atoms with Crippen molar-refractivity contribution in [2.45, 2.75) is 25.4 Å². The number of halogens is 1.